The average molecular weight is 301 g/mol. The van der Waals surface area contributed by atoms with E-state index in [2.05, 4.69) is 5.32 Å². The van der Waals surface area contributed by atoms with E-state index in [-0.39, 0.29) is 18.3 Å². The number of ether oxygens (including phenoxy) is 1. The third-order valence-electron chi connectivity index (χ3n) is 3.31. The van der Waals surface area contributed by atoms with Gasteiger partial charge < -0.3 is 14.5 Å². The zero-order valence-corrected chi connectivity index (χ0v) is 12.5. The van der Waals surface area contributed by atoms with Crippen molar-refractivity contribution in [2.45, 2.75) is 25.3 Å². The second kappa shape index (κ2) is 8.02. The molecule has 2 rings (SSSR count). The lowest BCUT2D eigenvalue weighted by atomic mass is 10.0. The topological polar surface area (TPSA) is 68.5 Å². The van der Waals surface area contributed by atoms with E-state index in [1.165, 1.54) is 7.11 Å². The molecule has 5 nitrogen and oxygen atoms in total. The molecule has 0 aliphatic heterocycles. The molecule has 1 N–H and O–H groups in total. The molecule has 0 fully saturated rings. The van der Waals surface area contributed by atoms with Gasteiger partial charge in [0, 0.05) is 12.8 Å². The number of nitrogens with one attached hydrogen (secondary N) is 1. The number of carbonyl (C=O) groups excluding carboxylic acids is 2. The molecule has 0 bridgehead atoms. The van der Waals surface area contributed by atoms with Crippen LogP contribution in [0.2, 0.25) is 0 Å². The maximum absolute atomic E-state index is 12.1. The first kappa shape index (κ1) is 15.8. The van der Waals surface area contributed by atoms with Crippen LogP contribution in [0.25, 0.3) is 0 Å². The van der Waals surface area contributed by atoms with Gasteiger partial charge in [0.05, 0.1) is 25.8 Å². The Balaban J connectivity index is 1.96. The summed E-state index contributed by atoms with van der Waals surface area (Å²) in [7, 11) is 1.34. The Labute approximate surface area is 129 Å². The van der Waals surface area contributed by atoms with Gasteiger partial charge in [0.15, 0.2) is 0 Å². The zero-order chi connectivity index (χ0) is 15.8. The number of methoxy groups -OCH3 is 1. The second-order valence-electron chi connectivity index (χ2n) is 4.89. The van der Waals surface area contributed by atoms with Gasteiger partial charge in [-0.15, -0.1) is 0 Å². The molecule has 116 valence electrons. The molecule has 0 aliphatic carbocycles. The van der Waals surface area contributed by atoms with Crippen LogP contribution in [0.15, 0.2) is 53.1 Å². The molecule has 1 atom stereocenters. The van der Waals surface area contributed by atoms with Crippen LogP contribution < -0.4 is 5.32 Å². The van der Waals surface area contributed by atoms with Crippen LogP contribution in [0.5, 0.6) is 0 Å². The Bertz CT molecular complexity index is 592. The van der Waals surface area contributed by atoms with Crippen LogP contribution in [0, 0.1) is 0 Å². The van der Waals surface area contributed by atoms with Gasteiger partial charge in [-0.25, -0.2) is 0 Å². The number of rotatable bonds is 7. The lowest BCUT2D eigenvalue weighted by Gasteiger charge is -2.18. The van der Waals surface area contributed by atoms with E-state index in [1.54, 1.807) is 12.3 Å². The molecule has 0 spiro atoms. The molecule has 0 saturated heterocycles. The molecule has 22 heavy (non-hydrogen) atoms. The molecule has 0 aliphatic rings. The smallest absolute Gasteiger partial charge is 0.307 e. The van der Waals surface area contributed by atoms with Crippen molar-refractivity contribution in [1.82, 2.24) is 5.32 Å². The van der Waals surface area contributed by atoms with E-state index in [1.807, 2.05) is 36.4 Å². The number of carbonyl (C=O) groups is 2. The van der Waals surface area contributed by atoms with E-state index < -0.39 is 6.04 Å². The van der Waals surface area contributed by atoms with Gasteiger partial charge >= 0.3 is 5.97 Å². The Morgan fingerprint density at radius 1 is 1.18 bits per heavy atom. The quantitative estimate of drug-likeness (QED) is 0.798. The summed E-state index contributed by atoms with van der Waals surface area (Å²) in [6.07, 6.45) is 2.51. The van der Waals surface area contributed by atoms with Gasteiger partial charge in [0.1, 0.15) is 5.76 Å². The van der Waals surface area contributed by atoms with Gasteiger partial charge in [-0.3, -0.25) is 9.59 Å². The molecule has 1 heterocycles. The van der Waals surface area contributed by atoms with Crippen molar-refractivity contribution >= 4 is 11.9 Å². The van der Waals surface area contributed by atoms with Gasteiger partial charge in [-0.1, -0.05) is 30.3 Å². The summed E-state index contributed by atoms with van der Waals surface area (Å²) in [5.41, 5.74) is 0.874. The van der Waals surface area contributed by atoms with Crippen LogP contribution in [-0.2, 0) is 20.7 Å². The van der Waals surface area contributed by atoms with Crippen molar-refractivity contribution in [2.75, 3.05) is 7.11 Å². The Hall–Kier alpha value is -2.56. The first-order valence-electron chi connectivity index (χ1n) is 7.12. The highest BCUT2D eigenvalue weighted by Gasteiger charge is 2.18. The van der Waals surface area contributed by atoms with Gasteiger partial charge in [-0.05, 0) is 17.7 Å². The summed E-state index contributed by atoms with van der Waals surface area (Å²) in [6, 6.07) is 12.6. The summed E-state index contributed by atoms with van der Waals surface area (Å²) in [4.78, 5) is 23.6. The molecular weight excluding hydrogens is 282 g/mol. The Kier molecular flexibility index (Phi) is 5.77. The first-order valence-corrected chi connectivity index (χ1v) is 7.12. The van der Waals surface area contributed by atoms with E-state index in [0.29, 0.717) is 12.8 Å². The standard InChI is InChI=1S/C17H19NO4/c1-21-17(20)12-15(13-6-3-2-4-7-13)18-16(19)10-9-14-8-5-11-22-14/h2-8,11,15H,9-10,12H2,1H3,(H,18,19)/t15-/m1/s1. The van der Waals surface area contributed by atoms with Gasteiger partial charge in [0.25, 0.3) is 0 Å². The summed E-state index contributed by atoms with van der Waals surface area (Å²) in [6.45, 7) is 0. The highest BCUT2D eigenvalue weighted by molar-refractivity contribution is 5.78. The summed E-state index contributed by atoms with van der Waals surface area (Å²) in [5.74, 6) is 0.272. The fraction of sp³-hybridized carbons (Fsp3) is 0.294. The maximum atomic E-state index is 12.1. The van der Waals surface area contributed by atoms with E-state index in [9.17, 15) is 9.59 Å². The summed E-state index contributed by atoms with van der Waals surface area (Å²) >= 11 is 0. The number of hydrogen-bond donors (Lipinski definition) is 1. The molecule has 2 aromatic rings. The second-order valence-corrected chi connectivity index (χ2v) is 4.89. The minimum Gasteiger partial charge on any atom is -0.469 e. The normalized spacial score (nSPS) is 11.7. The minimum atomic E-state index is -0.391. The third-order valence-corrected chi connectivity index (χ3v) is 3.31. The van der Waals surface area contributed by atoms with Crippen molar-refractivity contribution in [3.63, 3.8) is 0 Å². The number of esters is 1. The lowest BCUT2D eigenvalue weighted by Crippen LogP contribution is -2.30. The summed E-state index contributed by atoms with van der Waals surface area (Å²) in [5, 5.41) is 2.88. The molecule has 0 unspecified atom stereocenters. The fourth-order valence-corrected chi connectivity index (χ4v) is 2.15. The zero-order valence-electron chi connectivity index (χ0n) is 12.5. The first-order chi connectivity index (χ1) is 10.7. The Morgan fingerprint density at radius 2 is 1.95 bits per heavy atom. The molecule has 0 radical (unpaired) electrons. The van der Waals surface area contributed by atoms with Crippen LogP contribution >= 0.6 is 0 Å². The number of hydrogen-bond acceptors (Lipinski definition) is 4. The largest absolute Gasteiger partial charge is 0.469 e. The number of benzene rings is 1. The van der Waals surface area contributed by atoms with Crippen molar-refractivity contribution in [3.8, 4) is 0 Å². The predicted molar refractivity (Wildman–Crippen MR) is 81.0 cm³/mol. The monoisotopic (exact) mass is 301 g/mol. The Morgan fingerprint density at radius 3 is 2.59 bits per heavy atom. The average Bonchev–Trinajstić information content (AvgIpc) is 3.06. The predicted octanol–water partition coefficient (Wildman–Crippen LogP) is 2.63. The van der Waals surface area contributed by atoms with Crippen molar-refractivity contribution < 1.29 is 18.7 Å². The van der Waals surface area contributed by atoms with E-state index >= 15 is 0 Å². The molecule has 1 aromatic heterocycles. The molecule has 0 saturated carbocycles. The SMILES string of the molecule is COC(=O)C[C@@H](NC(=O)CCc1ccco1)c1ccccc1. The fourth-order valence-electron chi connectivity index (χ4n) is 2.15. The third kappa shape index (κ3) is 4.77. The van der Waals surface area contributed by atoms with Crippen LogP contribution in [0.1, 0.15) is 30.2 Å². The maximum Gasteiger partial charge on any atom is 0.307 e. The number of amides is 1. The highest BCUT2D eigenvalue weighted by Crippen LogP contribution is 2.17. The molecule has 1 aromatic carbocycles. The lowest BCUT2D eigenvalue weighted by molar-refractivity contribution is -0.141. The van der Waals surface area contributed by atoms with Gasteiger partial charge in [0.2, 0.25) is 5.91 Å². The van der Waals surface area contributed by atoms with Crippen molar-refractivity contribution in [3.05, 3.63) is 60.1 Å². The summed E-state index contributed by atoms with van der Waals surface area (Å²) < 4.78 is 9.90. The number of furan rings is 1. The molecule has 1 amide bonds. The van der Waals surface area contributed by atoms with Crippen LogP contribution in [-0.4, -0.2) is 19.0 Å². The van der Waals surface area contributed by atoms with Crippen LogP contribution in [0.3, 0.4) is 0 Å². The highest BCUT2D eigenvalue weighted by atomic mass is 16.5. The van der Waals surface area contributed by atoms with E-state index in [0.717, 1.165) is 11.3 Å². The number of aryl methyl sites for hydroxylation is 1. The van der Waals surface area contributed by atoms with Crippen molar-refractivity contribution in [1.29, 1.82) is 0 Å². The minimum absolute atomic E-state index is 0.104. The molecular formula is C17H19NO4. The van der Waals surface area contributed by atoms with Crippen molar-refractivity contribution in [2.24, 2.45) is 0 Å². The van der Waals surface area contributed by atoms with Gasteiger partial charge in [-0.2, -0.15) is 0 Å². The molecule has 5 heteroatoms. The van der Waals surface area contributed by atoms with Crippen LogP contribution in [0.4, 0.5) is 0 Å². The van der Waals surface area contributed by atoms with E-state index in [4.69, 9.17) is 9.15 Å².